The zero-order valence-electron chi connectivity index (χ0n) is 10.9. The second kappa shape index (κ2) is 6.20. The number of rotatable bonds is 6. The Morgan fingerprint density at radius 2 is 2.15 bits per heavy atom. The van der Waals surface area contributed by atoms with Crippen molar-refractivity contribution in [3.8, 4) is 5.75 Å². The van der Waals surface area contributed by atoms with Gasteiger partial charge in [-0.2, -0.15) is 0 Å². The first kappa shape index (κ1) is 15.7. The number of phenols is 1. The molecular weight excluding hydrogens is 268 g/mol. The van der Waals surface area contributed by atoms with Crippen LogP contribution in [0.4, 0.5) is 10.5 Å². The van der Waals surface area contributed by atoms with Crippen molar-refractivity contribution in [2.45, 2.75) is 25.3 Å². The van der Waals surface area contributed by atoms with Gasteiger partial charge in [-0.3, -0.25) is 10.1 Å². The number of phenolic OH excluding ortho intramolecular Hbond substituents is 1. The molecule has 0 radical (unpaired) electrons. The third kappa shape index (κ3) is 4.09. The SMILES string of the molecule is C[C@](CO)(CCc1ccc(O)c([N+](=O)[O-])c1)NC(=O)O. The molecule has 20 heavy (non-hydrogen) atoms. The molecule has 8 nitrogen and oxygen atoms in total. The number of benzene rings is 1. The highest BCUT2D eigenvalue weighted by Gasteiger charge is 2.25. The molecule has 1 rings (SSSR count). The van der Waals surface area contributed by atoms with Crippen LogP contribution in [-0.4, -0.2) is 38.5 Å². The van der Waals surface area contributed by atoms with Gasteiger partial charge in [0.25, 0.3) is 0 Å². The number of hydrogen-bond acceptors (Lipinski definition) is 5. The average molecular weight is 284 g/mol. The van der Waals surface area contributed by atoms with E-state index in [0.29, 0.717) is 12.0 Å². The third-order valence-electron chi connectivity index (χ3n) is 2.96. The summed E-state index contributed by atoms with van der Waals surface area (Å²) < 4.78 is 0. The monoisotopic (exact) mass is 284 g/mol. The van der Waals surface area contributed by atoms with E-state index in [9.17, 15) is 25.1 Å². The van der Waals surface area contributed by atoms with Gasteiger partial charge in [-0.05, 0) is 31.4 Å². The summed E-state index contributed by atoms with van der Waals surface area (Å²) in [5, 5.41) is 40.1. The van der Waals surface area contributed by atoms with Crippen molar-refractivity contribution in [2.75, 3.05) is 6.61 Å². The maximum atomic E-state index is 10.7. The molecule has 0 aliphatic rings. The topological polar surface area (TPSA) is 133 Å². The van der Waals surface area contributed by atoms with Crippen LogP contribution in [0.15, 0.2) is 18.2 Å². The van der Waals surface area contributed by atoms with Crippen molar-refractivity contribution in [1.29, 1.82) is 0 Å². The Morgan fingerprint density at radius 1 is 1.50 bits per heavy atom. The van der Waals surface area contributed by atoms with Crippen LogP contribution in [0.2, 0.25) is 0 Å². The van der Waals surface area contributed by atoms with Crippen LogP contribution in [-0.2, 0) is 6.42 Å². The second-order valence-corrected chi connectivity index (χ2v) is 4.73. The molecule has 0 saturated heterocycles. The molecule has 0 fully saturated rings. The van der Waals surface area contributed by atoms with E-state index in [4.69, 9.17) is 5.11 Å². The molecule has 0 aliphatic heterocycles. The summed E-state index contributed by atoms with van der Waals surface area (Å²) in [6, 6.07) is 3.96. The van der Waals surface area contributed by atoms with Crippen molar-refractivity contribution in [2.24, 2.45) is 0 Å². The molecule has 0 spiro atoms. The van der Waals surface area contributed by atoms with Gasteiger partial charge in [0.05, 0.1) is 17.1 Å². The summed E-state index contributed by atoms with van der Waals surface area (Å²) >= 11 is 0. The molecule has 110 valence electrons. The molecule has 1 atom stereocenters. The number of aliphatic hydroxyl groups excluding tert-OH is 1. The third-order valence-corrected chi connectivity index (χ3v) is 2.96. The fourth-order valence-corrected chi connectivity index (χ4v) is 1.73. The summed E-state index contributed by atoms with van der Waals surface area (Å²) in [6.45, 7) is 1.15. The first-order valence-corrected chi connectivity index (χ1v) is 5.86. The average Bonchev–Trinajstić information content (AvgIpc) is 2.36. The van der Waals surface area contributed by atoms with E-state index >= 15 is 0 Å². The number of nitrogens with one attached hydrogen (secondary N) is 1. The number of carboxylic acid groups (broad SMARTS) is 1. The van der Waals surface area contributed by atoms with Gasteiger partial charge in [0.2, 0.25) is 0 Å². The van der Waals surface area contributed by atoms with Gasteiger partial charge in [0.15, 0.2) is 5.75 Å². The van der Waals surface area contributed by atoms with Crippen LogP contribution in [0, 0.1) is 10.1 Å². The van der Waals surface area contributed by atoms with Gasteiger partial charge in [-0.15, -0.1) is 0 Å². The molecule has 0 heterocycles. The van der Waals surface area contributed by atoms with Crippen LogP contribution >= 0.6 is 0 Å². The zero-order valence-corrected chi connectivity index (χ0v) is 10.9. The minimum atomic E-state index is -1.25. The predicted molar refractivity (Wildman–Crippen MR) is 69.7 cm³/mol. The molecule has 0 saturated carbocycles. The zero-order chi connectivity index (χ0) is 15.3. The Hall–Kier alpha value is -2.35. The molecule has 8 heteroatoms. The van der Waals surface area contributed by atoms with Gasteiger partial charge in [-0.25, -0.2) is 4.79 Å². The van der Waals surface area contributed by atoms with Gasteiger partial charge in [-0.1, -0.05) is 6.07 Å². The highest BCUT2D eigenvalue weighted by molar-refractivity contribution is 5.65. The Labute approximate surface area is 114 Å². The fraction of sp³-hybridized carbons (Fsp3) is 0.417. The number of carbonyl (C=O) groups is 1. The fourth-order valence-electron chi connectivity index (χ4n) is 1.73. The quantitative estimate of drug-likeness (QED) is 0.459. The largest absolute Gasteiger partial charge is 0.502 e. The summed E-state index contributed by atoms with van der Waals surface area (Å²) in [4.78, 5) is 20.6. The van der Waals surface area contributed by atoms with Gasteiger partial charge in [0.1, 0.15) is 0 Å². The molecule has 0 bridgehead atoms. The lowest BCUT2D eigenvalue weighted by molar-refractivity contribution is -0.385. The molecule has 0 aliphatic carbocycles. The Balaban J connectivity index is 2.81. The lowest BCUT2D eigenvalue weighted by Crippen LogP contribution is -2.48. The number of aryl methyl sites for hydroxylation is 1. The highest BCUT2D eigenvalue weighted by atomic mass is 16.6. The lowest BCUT2D eigenvalue weighted by Gasteiger charge is -2.27. The van der Waals surface area contributed by atoms with E-state index in [1.54, 1.807) is 0 Å². The number of hydrogen-bond donors (Lipinski definition) is 4. The summed E-state index contributed by atoms with van der Waals surface area (Å²) in [6.07, 6.45) is -0.672. The standard InChI is InChI=1S/C12H16N2O6/c1-12(7-15,13-11(17)18)5-4-8-2-3-10(16)9(6-8)14(19)20/h2-3,6,13,15-16H,4-5,7H2,1H3,(H,17,18)/t12-/m1/s1. The van der Waals surface area contributed by atoms with Crippen molar-refractivity contribution in [1.82, 2.24) is 5.32 Å². The van der Waals surface area contributed by atoms with Crippen LogP contribution in [0.25, 0.3) is 0 Å². The predicted octanol–water partition coefficient (Wildman–Crippen LogP) is 1.25. The maximum absolute atomic E-state index is 10.7. The maximum Gasteiger partial charge on any atom is 0.405 e. The van der Waals surface area contributed by atoms with E-state index in [0.717, 1.165) is 0 Å². The van der Waals surface area contributed by atoms with Crippen LogP contribution in [0.1, 0.15) is 18.9 Å². The number of aromatic hydroxyl groups is 1. The van der Waals surface area contributed by atoms with Crippen molar-refractivity contribution < 1.29 is 25.0 Å². The summed E-state index contributed by atoms with van der Waals surface area (Å²) in [7, 11) is 0. The Morgan fingerprint density at radius 3 is 2.65 bits per heavy atom. The van der Waals surface area contributed by atoms with Crippen molar-refractivity contribution in [3.63, 3.8) is 0 Å². The van der Waals surface area contributed by atoms with Crippen LogP contribution < -0.4 is 5.32 Å². The van der Waals surface area contributed by atoms with E-state index in [1.165, 1.54) is 25.1 Å². The van der Waals surface area contributed by atoms with Crippen LogP contribution in [0.3, 0.4) is 0 Å². The molecule has 0 unspecified atom stereocenters. The van der Waals surface area contributed by atoms with E-state index in [1.807, 2.05) is 0 Å². The lowest BCUT2D eigenvalue weighted by atomic mass is 9.94. The van der Waals surface area contributed by atoms with Crippen molar-refractivity contribution >= 4 is 11.8 Å². The van der Waals surface area contributed by atoms with Gasteiger partial charge in [0, 0.05) is 6.07 Å². The number of amides is 1. The summed E-state index contributed by atoms with van der Waals surface area (Å²) in [5.74, 6) is -0.424. The Bertz CT molecular complexity index is 519. The minimum absolute atomic E-state index is 0.262. The Kier molecular flexibility index (Phi) is 4.87. The van der Waals surface area contributed by atoms with E-state index in [2.05, 4.69) is 5.32 Å². The molecule has 1 aromatic carbocycles. The molecular formula is C12H16N2O6. The number of nitrogens with zero attached hydrogens (tertiary/aromatic N) is 1. The first-order valence-electron chi connectivity index (χ1n) is 5.86. The molecule has 1 amide bonds. The second-order valence-electron chi connectivity index (χ2n) is 4.73. The molecule has 1 aromatic rings. The summed E-state index contributed by atoms with van der Waals surface area (Å²) in [5.41, 5.74) is -0.862. The first-order chi connectivity index (χ1) is 9.27. The number of aliphatic hydroxyl groups is 1. The minimum Gasteiger partial charge on any atom is -0.502 e. The van der Waals surface area contributed by atoms with Gasteiger partial charge >= 0.3 is 11.8 Å². The van der Waals surface area contributed by atoms with Gasteiger partial charge < -0.3 is 20.6 Å². The van der Waals surface area contributed by atoms with Crippen molar-refractivity contribution in [3.05, 3.63) is 33.9 Å². The smallest absolute Gasteiger partial charge is 0.405 e. The normalized spacial score (nSPS) is 13.5. The van der Waals surface area contributed by atoms with E-state index < -0.39 is 28.0 Å². The van der Waals surface area contributed by atoms with Crippen LogP contribution in [0.5, 0.6) is 5.75 Å². The number of nitro groups is 1. The molecule has 0 aromatic heterocycles. The molecule has 4 N–H and O–H groups in total. The number of nitro benzene ring substituents is 1. The van der Waals surface area contributed by atoms with E-state index in [-0.39, 0.29) is 13.0 Å². The highest BCUT2D eigenvalue weighted by Crippen LogP contribution is 2.27.